The van der Waals surface area contributed by atoms with Gasteiger partial charge in [0.1, 0.15) is 11.6 Å². The predicted octanol–water partition coefficient (Wildman–Crippen LogP) is 3.86. The lowest BCUT2D eigenvalue weighted by Crippen LogP contribution is -2.39. The molecule has 0 bridgehead atoms. The van der Waals surface area contributed by atoms with Gasteiger partial charge in [-0.15, -0.1) is 11.3 Å². The third-order valence-electron chi connectivity index (χ3n) is 4.33. The first-order chi connectivity index (χ1) is 12.6. The van der Waals surface area contributed by atoms with E-state index in [1.807, 2.05) is 11.4 Å². The molecule has 0 spiro atoms. The maximum atomic E-state index is 13.3. The second-order valence-corrected chi connectivity index (χ2v) is 7.18. The molecule has 2 aromatic heterocycles. The quantitative estimate of drug-likeness (QED) is 0.712. The number of halogens is 2. The molecule has 1 aromatic carbocycles. The number of carbonyl (C=O) groups is 1. The number of nitrogens with one attached hydrogen (secondary N) is 2. The molecule has 26 heavy (non-hydrogen) atoms. The molecule has 5 nitrogen and oxygen atoms in total. The number of amides is 1. The van der Waals surface area contributed by atoms with E-state index >= 15 is 0 Å². The lowest BCUT2D eigenvalue weighted by Gasteiger charge is -2.26. The number of fused-ring (bicyclic) bond motifs is 1. The lowest BCUT2D eigenvalue weighted by molar-refractivity contribution is 0.0914. The molecule has 0 unspecified atom stereocenters. The number of anilines is 1. The van der Waals surface area contributed by atoms with Crippen LogP contribution in [0.15, 0.2) is 29.6 Å². The average molecular weight is 374 g/mol. The van der Waals surface area contributed by atoms with Gasteiger partial charge in [-0.05, 0) is 48.4 Å². The van der Waals surface area contributed by atoms with Crippen molar-refractivity contribution in [2.45, 2.75) is 31.8 Å². The molecule has 0 saturated heterocycles. The number of aromatic nitrogens is 2. The van der Waals surface area contributed by atoms with Crippen LogP contribution in [0.4, 0.5) is 14.7 Å². The van der Waals surface area contributed by atoms with Gasteiger partial charge in [-0.25, -0.2) is 18.7 Å². The van der Waals surface area contributed by atoms with Gasteiger partial charge in [0, 0.05) is 18.7 Å². The number of rotatable bonds is 5. The Hall–Kier alpha value is -2.61. The van der Waals surface area contributed by atoms with E-state index in [1.165, 1.54) is 23.5 Å². The Balaban J connectivity index is 1.57. The number of nitrogens with zero attached hydrogens (tertiary/aromatic N) is 2. The highest BCUT2D eigenvalue weighted by Crippen LogP contribution is 2.25. The summed E-state index contributed by atoms with van der Waals surface area (Å²) in [7, 11) is 0. The van der Waals surface area contributed by atoms with E-state index in [-0.39, 0.29) is 24.4 Å². The Labute approximate surface area is 152 Å². The van der Waals surface area contributed by atoms with Crippen LogP contribution in [0.5, 0.6) is 0 Å². The van der Waals surface area contributed by atoms with E-state index in [9.17, 15) is 13.6 Å². The minimum Gasteiger partial charge on any atom is -0.350 e. The van der Waals surface area contributed by atoms with Crippen molar-refractivity contribution >= 4 is 33.4 Å². The van der Waals surface area contributed by atoms with Crippen LogP contribution >= 0.6 is 11.3 Å². The number of hydrogen-bond acceptors (Lipinski definition) is 5. The molecule has 1 amide bonds. The Morgan fingerprint density at radius 1 is 1.19 bits per heavy atom. The zero-order valence-corrected chi connectivity index (χ0v) is 14.6. The largest absolute Gasteiger partial charge is 0.350 e. The van der Waals surface area contributed by atoms with Crippen LogP contribution in [0.1, 0.15) is 35.3 Å². The summed E-state index contributed by atoms with van der Waals surface area (Å²) >= 11 is 1.41. The van der Waals surface area contributed by atoms with Crippen molar-refractivity contribution in [1.82, 2.24) is 15.3 Å². The topological polar surface area (TPSA) is 66.9 Å². The van der Waals surface area contributed by atoms with E-state index < -0.39 is 11.6 Å². The standard InChI is InChI=1S/C18H16F2N4OS/c19-11-6-10(7-12(20)8-11)9-21-18-23-14-4-5-26-16(14)15(24-18)17(25)22-13-2-1-3-13/h4-8,13H,1-3,9H2,(H,22,25)(H,21,23,24). The Bertz CT molecular complexity index is 951. The second-order valence-electron chi connectivity index (χ2n) is 6.26. The van der Waals surface area contributed by atoms with Crippen molar-refractivity contribution in [3.8, 4) is 0 Å². The second kappa shape index (κ2) is 6.95. The summed E-state index contributed by atoms with van der Waals surface area (Å²) in [4.78, 5) is 21.3. The molecule has 3 aromatic rings. The third-order valence-corrected chi connectivity index (χ3v) is 5.24. The maximum Gasteiger partial charge on any atom is 0.271 e. The molecule has 0 atom stereocenters. The minimum atomic E-state index is -0.642. The van der Waals surface area contributed by atoms with Gasteiger partial charge < -0.3 is 10.6 Å². The molecule has 134 valence electrons. The van der Waals surface area contributed by atoms with Gasteiger partial charge in [-0.3, -0.25) is 4.79 Å². The summed E-state index contributed by atoms with van der Waals surface area (Å²) < 4.78 is 27.3. The van der Waals surface area contributed by atoms with Gasteiger partial charge >= 0.3 is 0 Å². The van der Waals surface area contributed by atoms with Crippen LogP contribution in [0, 0.1) is 11.6 Å². The van der Waals surface area contributed by atoms with E-state index in [2.05, 4.69) is 20.6 Å². The molecule has 8 heteroatoms. The van der Waals surface area contributed by atoms with E-state index in [1.54, 1.807) is 0 Å². The average Bonchev–Trinajstić information content (AvgIpc) is 3.03. The molecule has 1 aliphatic rings. The fourth-order valence-corrected chi connectivity index (χ4v) is 3.61. The molecule has 0 radical (unpaired) electrons. The fourth-order valence-electron chi connectivity index (χ4n) is 2.80. The monoisotopic (exact) mass is 374 g/mol. The van der Waals surface area contributed by atoms with E-state index in [0.29, 0.717) is 16.8 Å². The van der Waals surface area contributed by atoms with Gasteiger partial charge in [0.15, 0.2) is 5.69 Å². The zero-order chi connectivity index (χ0) is 18.1. The normalized spacial score (nSPS) is 14.2. The summed E-state index contributed by atoms with van der Waals surface area (Å²) in [6.07, 6.45) is 3.10. The van der Waals surface area contributed by atoms with Crippen LogP contribution in [0.25, 0.3) is 10.2 Å². The minimum absolute atomic E-state index is 0.147. The van der Waals surface area contributed by atoms with Gasteiger partial charge in [0.2, 0.25) is 5.95 Å². The van der Waals surface area contributed by atoms with Crippen LogP contribution in [0.3, 0.4) is 0 Å². The van der Waals surface area contributed by atoms with Gasteiger partial charge in [0.05, 0.1) is 10.2 Å². The zero-order valence-electron chi connectivity index (χ0n) is 13.8. The molecule has 4 rings (SSSR count). The molecular formula is C18H16F2N4OS. The maximum absolute atomic E-state index is 13.3. The molecule has 2 heterocycles. The van der Waals surface area contributed by atoms with Crippen LogP contribution in [-0.2, 0) is 6.54 Å². The number of carbonyl (C=O) groups excluding carboxylic acids is 1. The van der Waals surface area contributed by atoms with E-state index in [0.717, 1.165) is 30.0 Å². The van der Waals surface area contributed by atoms with Crippen molar-refractivity contribution in [2.24, 2.45) is 0 Å². The third kappa shape index (κ3) is 3.50. The number of benzene rings is 1. The van der Waals surface area contributed by atoms with Gasteiger partial charge in [0.25, 0.3) is 5.91 Å². The first-order valence-electron chi connectivity index (χ1n) is 8.33. The lowest BCUT2D eigenvalue weighted by atomic mass is 9.93. The smallest absolute Gasteiger partial charge is 0.271 e. The van der Waals surface area contributed by atoms with E-state index in [4.69, 9.17) is 0 Å². The van der Waals surface area contributed by atoms with Crippen molar-refractivity contribution < 1.29 is 13.6 Å². The summed E-state index contributed by atoms with van der Waals surface area (Å²) in [5.41, 5.74) is 1.42. The highest BCUT2D eigenvalue weighted by atomic mass is 32.1. The van der Waals surface area contributed by atoms with Crippen LogP contribution < -0.4 is 10.6 Å². The van der Waals surface area contributed by atoms with Crippen LogP contribution in [-0.4, -0.2) is 21.9 Å². The summed E-state index contributed by atoms with van der Waals surface area (Å²) in [5.74, 6) is -1.25. The van der Waals surface area contributed by atoms with Crippen molar-refractivity contribution in [3.63, 3.8) is 0 Å². The van der Waals surface area contributed by atoms with Gasteiger partial charge in [-0.1, -0.05) is 0 Å². The molecule has 2 N–H and O–H groups in total. The number of thiophene rings is 1. The molecule has 0 aliphatic heterocycles. The van der Waals surface area contributed by atoms with Crippen molar-refractivity contribution in [1.29, 1.82) is 0 Å². The highest BCUT2D eigenvalue weighted by Gasteiger charge is 2.23. The summed E-state index contributed by atoms with van der Waals surface area (Å²) in [5, 5.41) is 7.78. The SMILES string of the molecule is O=C(NC1CCC1)c1nc(NCc2cc(F)cc(F)c2)nc2ccsc12. The van der Waals surface area contributed by atoms with Crippen molar-refractivity contribution in [3.05, 3.63) is 52.5 Å². The molecular weight excluding hydrogens is 358 g/mol. The first kappa shape index (κ1) is 16.8. The predicted molar refractivity (Wildman–Crippen MR) is 96.2 cm³/mol. The highest BCUT2D eigenvalue weighted by molar-refractivity contribution is 7.17. The first-order valence-corrected chi connectivity index (χ1v) is 9.21. The summed E-state index contributed by atoms with van der Waals surface area (Å²) in [6.45, 7) is 0.147. The van der Waals surface area contributed by atoms with Crippen molar-refractivity contribution in [2.75, 3.05) is 5.32 Å². The van der Waals surface area contributed by atoms with Crippen LogP contribution in [0.2, 0.25) is 0 Å². The molecule has 1 fully saturated rings. The number of hydrogen-bond donors (Lipinski definition) is 2. The Morgan fingerprint density at radius 3 is 2.65 bits per heavy atom. The van der Waals surface area contributed by atoms with Gasteiger partial charge in [-0.2, -0.15) is 0 Å². The Kier molecular flexibility index (Phi) is 4.50. The Morgan fingerprint density at radius 2 is 1.96 bits per heavy atom. The summed E-state index contributed by atoms with van der Waals surface area (Å²) in [6, 6.07) is 5.32. The molecule has 1 aliphatic carbocycles. The molecule has 1 saturated carbocycles. The fraction of sp³-hybridized carbons (Fsp3) is 0.278.